The van der Waals surface area contributed by atoms with Gasteiger partial charge in [0.25, 0.3) is 0 Å². The van der Waals surface area contributed by atoms with Gasteiger partial charge in [-0.2, -0.15) is 18.2 Å². The van der Waals surface area contributed by atoms with Crippen molar-refractivity contribution in [3.8, 4) is 0 Å². The van der Waals surface area contributed by atoms with E-state index in [1.165, 1.54) is 19.5 Å². The molecule has 0 spiro atoms. The number of nitrogens with zero attached hydrogens (tertiary/aromatic N) is 3. The van der Waals surface area contributed by atoms with Gasteiger partial charge in [-0.1, -0.05) is 11.6 Å². The number of carbonyl (C=O) groups is 1. The first-order valence-corrected chi connectivity index (χ1v) is 9.03. The van der Waals surface area contributed by atoms with Crippen LogP contribution in [-0.4, -0.2) is 35.7 Å². The predicted molar refractivity (Wildman–Crippen MR) is 109 cm³/mol. The highest BCUT2D eigenvalue weighted by atomic mass is 35.5. The molecule has 166 valence electrons. The average Bonchev–Trinajstić information content (AvgIpc) is 2.73. The van der Waals surface area contributed by atoms with Crippen molar-refractivity contribution in [1.82, 2.24) is 15.3 Å². The molecule has 2 rings (SSSR count). The van der Waals surface area contributed by atoms with Gasteiger partial charge in [0, 0.05) is 31.6 Å². The Balaban J connectivity index is 2.12. The molecule has 5 N–H and O–H groups in total. The summed E-state index contributed by atoms with van der Waals surface area (Å²) in [7, 11) is 1.47. The molecule has 1 aromatic carbocycles. The Morgan fingerprint density at radius 2 is 2.10 bits per heavy atom. The van der Waals surface area contributed by atoms with Crippen molar-refractivity contribution in [1.29, 1.82) is 0 Å². The molecule has 0 radical (unpaired) electrons. The average molecular weight is 460 g/mol. The molecule has 1 amide bonds. The number of hydrogen-bond acceptors (Lipinski definition) is 7. The second-order valence-electron chi connectivity index (χ2n) is 5.94. The van der Waals surface area contributed by atoms with Gasteiger partial charge in [0.05, 0.1) is 17.5 Å². The molecular formula is C18H18ClF4N7O. The van der Waals surface area contributed by atoms with E-state index in [0.717, 1.165) is 12.3 Å². The van der Waals surface area contributed by atoms with Crippen molar-refractivity contribution >= 4 is 35.5 Å². The smallest absolute Gasteiger partial charge is 0.403 e. The number of benzene rings is 1. The van der Waals surface area contributed by atoms with Crippen LogP contribution in [0.3, 0.4) is 0 Å². The quantitative estimate of drug-likeness (QED) is 0.356. The number of halogens is 5. The minimum absolute atomic E-state index is 0.0273. The van der Waals surface area contributed by atoms with E-state index in [1.54, 1.807) is 0 Å². The summed E-state index contributed by atoms with van der Waals surface area (Å²) in [5, 5.41) is 7.88. The third-order valence-electron chi connectivity index (χ3n) is 3.74. The number of hydrogen-bond donors (Lipinski definition) is 4. The number of amides is 1. The van der Waals surface area contributed by atoms with Crippen LogP contribution in [-0.2, 0) is 17.5 Å². The van der Waals surface area contributed by atoms with Crippen molar-refractivity contribution in [2.45, 2.75) is 12.7 Å². The Morgan fingerprint density at radius 1 is 1.35 bits per heavy atom. The van der Waals surface area contributed by atoms with E-state index in [0.29, 0.717) is 12.1 Å². The maximum atomic E-state index is 13.9. The van der Waals surface area contributed by atoms with Crippen LogP contribution in [0.25, 0.3) is 0 Å². The van der Waals surface area contributed by atoms with Crippen LogP contribution in [0.4, 0.5) is 29.3 Å². The Labute approximate surface area is 179 Å². The molecule has 0 bridgehead atoms. The second kappa shape index (κ2) is 10.6. The molecule has 13 heteroatoms. The number of carbonyl (C=O) groups excluding carboxylic acids is 1. The lowest BCUT2D eigenvalue weighted by Gasteiger charge is -2.12. The monoisotopic (exact) mass is 459 g/mol. The fourth-order valence-corrected chi connectivity index (χ4v) is 2.33. The van der Waals surface area contributed by atoms with E-state index < -0.39 is 17.6 Å². The summed E-state index contributed by atoms with van der Waals surface area (Å²) in [6, 6.07) is 2.10. The minimum atomic E-state index is -4.60. The van der Waals surface area contributed by atoms with E-state index in [2.05, 4.69) is 30.9 Å². The van der Waals surface area contributed by atoms with E-state index in [-0.39, 0.29) is 47.0 Å². The second-order valence-corrected chi connectivity index (χ2v) is 6.34. The van der Waals surface area contributed by atoms with Gasteiger partial charge in [-0.05, 0) is 18.2 Å². The van der Waals surface area contributed by atoms with Gasteiger partial charge in [-0.25, -0.2) is 9.37 Å². The molecular weight excluding hydrogens is 442 g/mol. The number of anilines is 2. The lowest BCUT2D eigenvalue weighted by Crippen LogP contribution is -2.20. The highest BCUT2D eigenvalue weighted by Gasteiger charge is 2.31. The Morgan fingerprint density at radius 3 is 2.74 bits per heavy atom. The topological polar surface area (TPSA) is 117 Å². The molecule has 2 aromatic rings. The van der Waals surface area contributed by atoms with Gasteiger partial charge in [-0.15, -0.1) is 0 Å². The number of alkyl halides is 3. The maximum absolute atomic E-state index is 13.9. The number of aromatic nitrogens is 2. The first kappa shape index (κ1) is 23.9. The molecule has 0 aliphatic rings. The first-order valence-electron chi connectivity index (χ1n) is 8.65. The molecule has 0 aliphatic heterocycles. The lowest BCUT2D eigenvalue weighted by molar-refractivity contribution is -0.137. The molecule has 0 aliphatic carbocycles. The third kappa shape index (κ3) is 7.10. The normalized spacial score (nSPS) is 12.1. The maximum Gasteiger partial charge on any atom is 0.416 e. The van der Waals surface area contributed by atoms with Crippen LogP contribution in [0.5, 0.6) is 0 Å². The predicted octanol–water partition coefficient (Wildman–Crippen LogP) is 2.93. The summed E-state index contributed by atoms with van der Waals surface area (Å²) < 4.78 is 52.4. The van der Waals surface area contributed by atoms with Crippen molar-refractivity contribution < 1.29 is 22.4 Å². The summed E-state index contributed by atoms with van der Waals surface area (Å²) in [5.41, 5.74) is 4.56. The van der Waals surface area contributed by atoms with Gasteiger partial charge in [0.2, 0.25) is 11.9 Å². The zero-order valence-corrected chi connectivity index (χ0v) is 16.9. The zero-order valence-electron chi connectivity index (χ0n) is 16.1. The van der Waals surface area contributed by atoms with E-state index >= 15 is 0 Å². The van der Waals surface area contributed by atoms with Crippen molar-refractivity contribution in [3.63, 3.8) is 0 Å². The van der Waals surface area contributed by atoms with Crippen molar-refractivity contribution in [2.24, 2.45) is 10.7 Å². The van der Waals surface area contributed by atoms with Crippen LogP contribution in [0.1, 0.15) is 11.1 Å². The first-order chi connectivity index (χ1) is 14.6. The SMILES string of the molecule is CNC(=O)CN=CC(=CN)Nc1ncc(Cl)c(NCc2cc(C(F)(F)F)ccc2F)n1. The largest absolute Gasteiger partial charge is 0.416 e. The van der Waals surface area contributed by atoms with Gasteiger partial charge in [-0.3, -0.25) is 9.79 Å². The van der Waals surface area contributed by atoms with Gasteiger partial charge < -0.3 is 21.7 Å². The number of allylic oxidation sites excluding steroid dienone is 1. The number of nitrogens with one attached hydrogen (secondary N) is 3. The minimum Gasteiger partial charge on any atom is -0.403 e. The van der Waals surface area contributed by atoms with E-state index in [9.17, 15) is 22.4 Å². The Hall–Kier alpha value is -3.41. The number of likely N-dealkylation sites (N-methyl/N-ethyl adjacent to an activating group) is 1. The van der Waals surface area contributed by atoms with Crippen LogP contribution < -0.4 is 21.7 Å². The molecule has 31 heavy (non-hydrogen) atoms. The number of nitrogens with two attached hydrogens (primary N) is 1. The van der Waals surface area contributed by atoms with Crippen LogP contribution in [0.15, 0.2) is 41.3 Å². The van der Waals surface area contributed by atoms with E-state index in [1.807, 2.05) is 0 Å². The summed E-state index contributed by atoms with van der Waals surface area (Å²) in [6.45, 7) is -0.425. The van der Waals surface area contributed by atoms with Gasteiger partial charge >= 0.3 is 6.18 Å². The Bertz CT molecular complexity index is 995. The molecule has 0 fully saturated rings. The molecule has 1 aromatic heterocycles. The summed E-state index contributed by atoms with van der Waals surface area (Å²) in [6.07, 6.45) is -0.914. The van der Waals surface area contributed by atoms with Gasteiger partial charge in [0.1, 0.15) is 17.4 Å². The number of aliphatic imine (C=N–C) groups is 1. The summed E-state index contributed by atoms with van der Waals surface area (Å²) in [4.78, 5) is 23.1. The highest BCUT2D eigenvalue weighted by Crippen LogP contribution is 2.30. The summed E-state index contributed by atoms with van der Waals surface area (Å²) >= 11 is 6.01. The van der Waals surface area contributed by atoms with Crippen LogP contribution >= 0.6 is 11.6 Å². The van der Waals surface area contributed by atoms with Crippen LogP contribution in [0, 0.1) is 5.82 Å². The highest BCUT2D eigenvalue weighted by molar-refractivity contribution is 6.32. The Kier molecular flexibility index (Phi) is 8.14. The van der Waals surface area contributed by atoms with Gasteiger partial charge in [0.15, 0.2) is 5.82 Å². The van der Waals surface area contributed by atoms with Crippen molar-refractivity contribution in [2.75, 3.05) is 24.2 Å². The standard InChI is InChI=1S/C18H18ClF4N7O/c1-25-15(31)9-26-7-12(5-24)29-17-28-8-13(19)16(30-17)27-6-10-4-11(18(21,22)23)2-3-14(10)20/h2-5,7-8H,6,9,24H2,1H3,(H,25,31)(H2,27,28,29,30). The fraction of sp³-hybridized carbons (Fsp3) is 0.222. The molecule has 0 saturated heterocycles. The number of rotatable bonds is 8. The summed E-state index contributed by atoms with van der Waals surface area (Å²) in [5.74, 6) is -1.04. The third-order valence-corrected chi connectivity index (χ3v) is 4.02. The molecule has 8 nitrogen and oxygen atoms in total. The molecule has 0 atom stereocenters. The van der Waals surface area contributed by atoms with Crippen molar-refractivity contribution in [3.05, 3.63) is 58.3 Å². The lowest BCUT2D eigenvalue weighted by atomic mass is 10.1. The fourth-order valence-electron chi connectivity index (χ4n) is 2.17. The molecule has 0 saturated carbocycles. The van der Waals surface area contributed by atoms with Crippen LogP contribution in [0.2, 0.25) is 5.02 Å². The molecule has 1 heterocycles. The van der Waals surface area contributed by atoms with E-state index in [4.69, 9.17) is 17.3 Å². The molecule has 0 unspecified atom stereocenters. The zero-order chi connectivity index (χ0) is 23.0.